The third-order valence-electron chi connectivity index (χ3n) is 4.14. The maximum absolute atomic E-state index is 5.01. The molecule has 1 aliphatic rings. The molecule has 0 aliphatic heterocycles. The van der Waals surface area contributed by atoms with E-state index in [1.54, 1.807) is 7.11 Å². The minimum absolute atomic E-state index is 0.811. The second kappa shape index (κ2) is 8.90. The monoisotopic (exact) mass is 242 g/mol. The predicted molar refractivity (Wildman–Crippen MR) is 73.4 cm³/mol. The van der Waals surface area contributed by atoms with Gasteiger partial charge in [0.25, 0.3) is 0 Å². The van der Waals surface area contributed by atoms with Crippen molar-refractivity contribution in [3.05, 3.63) is 0 Å². The first-order chi connectivity index (χ1) is 8.27. The molecule has 0 heterocycles. The molecule has 1 fully saturated rings. The first-order valence-corrected chi connectivity index (χ1v) is 7.17. The van der Waals surface area contributed by atoms with Crippen molar-refractivity contribution in [2.24, 2.45) is 5.92 Å². The molecule has 0 aromatic rings. The lowest BCUT2D eigenvalue weighted by atomic mass is 9.84. The van der Waals surface area contributed by atoms with Crippen molar-refractivity contribution in [1.82, 2.24) is 10.2 Å². The second-order valence-corrected chi connectivity index (χ2v) is 5.31. The fraction of sp³-hybridized carbons (Fsp3) is 1.00. The van der Waals surface area contributed by atoms with Crippen LogP contribution in [0, 0.1) is 5.92 Å². The van der Waals surface area contributed by atoms with Crippen LogP contribution >= 0.6 is 0 Å². The highest BCUT2D eigenvalue weighted by molar-refractivity contribution is 4.77. The predicted octanol–water partition coefficient (Wildman–Crippen LogP) is 2.12. The Morgan fingerprint density at radius 1 is 1.18 bits per heavy atom. The number of likely N-dealkylation sites (N-methyl/N-ethyl adjacent to an activating group) is 1. The third kappa shape index (κ3) is 5.84. The number of rotatable bonds is 8. The molecule has 1 aliphatic carbocycles. The van der Waals surface area contributed by atoms with Crippen molar-refractivity contribution >= 4 is 0 Å². The van der Waals surface area contributed by atoms with Crippen LogP contribution in [0.25, 0.3) is 0 Å². The van der Waals surface area contributed by atoms with E-state index in [9.17, 15) is 0 Å². The quantitative estimate of drug-likeness (QED) is 0.660. The second-order valence-electron chi connectivity index (χ2n) is 5.31. The molecule has 0 aromatic heterocycles. The van der Waals surface area contributed by atoms with Gasteiger partial charge in [0.05, 0.1) is 6.61 Å². The molecule has 1 saturated carbocycles. The van der Waals surface area contributed by atoms with Gasteiger partial charge < -0.3 is 15.0 Å². The van der Waals surface area contributed by atoms with Crippen molar-refractivity contribution in [3.63, 3.8) is 0 Å². The van der Waals surface area contributed by atoms with Gasteiger partial charge in [0.15, 0.2) is 0 Å². The van der Waals surface area contributed by atoms with Crippen LogP contribution in [0.1, 0.15) is 39.0 Å². The molecule has 0 radical (unpaired) electrons. The maximum Gasteiger partial charge on any atom is 0.0587 e. The van der Waals surface area contributed by atoms with Crippen molar-refractivity contribution in [2.45, 2.75) is 45.1 Å². The van der Waals surface area contributed by atoms with Crippen molar-refractivity contribution < 1.29 is 4.74 Å². The highest BCUT2D eigenvalue weighted by Gasteiger charge is 2.22. The Balaban J connectivity index is 2.05. The number of ether oxygens (including phenoxy) is 1. The molecule has 0 bridgehead atoms. The molecule has 1 rings (SSSR count). The average Bonchev–Trinajstić information content (AvgIpc) is 2.38. The average molecular weight is 242 g/mol. The van der Waals surface area contributed by atoms with Crippen LogP contribution in [-0.2, 0) is 4.74 Å². The third-order valence-corrected chi connectivity index (χ3v) is 4.14. The van der Waals surface area contributed by atoms with E-state index < -0.39 is 0 Å². The Hall–Kier alpha value is -0.120. The number of nitrogens with zero attached hydrogens (tertiary/aromatic N) is 1. The summed E-state index contributed by atoms with van der Waals surface area (Å²) in [5.41, 5.74) is 0. The van der Waals surface area contributed by atoms with Gasteiger partial charge >= 0.3 is 0 Å². The molecule has 102 valence electrons. The Bertz CT molecular complexity index is 179. The summed E-state index contributed by atoms with van der Waals surface area (Å²) < 4.78 is 5.01. The minimum atomic E-state index is 0.811. The zero-order valence-corrected chi connectivity index (χ0v) is 11.9. The van der Waals surface area contributed by atoms with E-state index in [-0.39, 0.29) is 0 Å². The molecule has 0 atom stereocenters. The normalized spacial score (nSPS) is 25.4. The van der Waals surface area contributed by atoms with E-state index in [2.05, 4.69) is 24.2 Å². The largest absolute Gasteiger partial charge is 0.383 e. The number of hydrogen-bond acceptors (Lipinski definition) is 3. The first-order valence-electron chi connectivity index (χ1n) is 7.17. The highest BCUT2D eigenvalue weighted by Crippen LogP contribution is 2.28. The molecule has 0 saturated heterocycles. The summed E-state index contributed by atoms with van der Waals surface area (Å²) in [4.78, 5) is 2.53. The van der Waals surface area contributed by atoms with Crippen LogP contribution in [0.2, 0.25) is 0 Å². The lowest BCUT2D eigenvalue weighted by molar-refractivity contribution is 0.161. The highest BCUT2D eigenvalue weighted by atomic mass is 16.5. The molecule has 0 amide bonds. The van der Waals surface area contributed by atoms with E-state index in [1.807, 2.05) is 0 Å². The van der Waals surface area contributed by atoms with Crippen molar-refractivity contribution in [1.29, 1.82) is 0 Å². The molecule has 0 aromatic carbocycles. The van der Waals surface area contributed by atoms with E-state index in [0.717, 1.165) is 38.2 Å². The van der Waals surface area contributed by atoms with Crippen LogP contribution < -0.4 is 5.32 Å². The summed E-state index contributed by atoms with van der Waals surface area (Å²) >= 11 is 0. The Morgan fingerprint density at radius 2 is 1.88 bits per heavy atom. The molecule has 3 heteroatoms. The summed E-state index contributed by atoms with van der Waals surface area (Å²) in [7, 11) is 4.02. The van der Waals surface area contributed by atoms with Crippen molar-refractivity contribution in [2.75, 3.05) is 40.4 Å². The summed E-state index contributed by atoms with van der Waals surface area (Å²) in [6.07, 6.45) is 7.03. The topological polar surface area (TPSA) is 24.5 Å². The minimum Gasteiger partial charge on any atom is -0.383 e. The molecular formula is C14H30N2O. The first kappa shape index (κ1) is 14.9. The zero-order valence-electron chi connectivity index (χ0n) is 11.9. The van der Waals surface area contributed by atoms with Gasteiger partial charge in [-0.3, -0.25) is 0 Å². The van der Waals surface area contributed by atoms with Crippen molar-refractivity contribution in [3.8, 4) is 0 Å². The smallest absolute Gasteiger partial charge is 0.0587 e. The van der Waals surface area contributed by atoms with Gasteiger partial charge in [0.2, 0.25) is 0 Å². The zero-order chi connectivity index (χ0) is 12.5. The standard InChI is InChI=1S/C14H30N2O/c1-4-13-5-7-14(8-6-13)16(2)11-9-15-10-12-17-3/h13-15H,4-12H2,1-3H3. The van der Waals surface area contributed by atoms with Crippen LogP contribution in [0.15, 0.2) is 0 Å². The molecular weight excluding hydrogens is 212 g/mol. The molecule has 0 unspecified atom stereocenters. The van der Waals surface area contributed by atoms with E-state index in [1.165, 1.54) is 32.1 Å². The van der Waals surface area contributed by atoms with Gasteiger partial charge in [-0.25, -0.2) is 0 Å². The fourth-order valence-corrected chi connectivity index (χ4v) is 2.73. The lowest BCUT2D eigenvalue weighted by Gasteiger charge is -2.34. The van der Waals surface area contributed by atoms with Crippen LogP contribution in [0.4, 0.5) is 0 Å². The Kier molecular flexibility index (Phi) is 7.82. The molecule has 1 N–H and O–H groups in total. The number of methoxy groups -OCH3 is 1. The van der Waals surface area contributed by atoms with Crippen LogP contribution in [0.5, 0.6) is 0 Å². The molecule has 17 heavy (non-hydrogen) atoms. The van der Waals surface area contributed by atoms with Gasteiger partial charge in [-0.15, -0.1) is 0 Å². The Labute approximate surface area is 107 Å². The maximum atomic E-state index is 5.01. The van der Waals surface area contributed by atoms with Crippen LogP contribution in [0.3, 0.4) is 0 Å². The van der Waals surface area contributed by atoms with Gasteiger partial charge in [0.1, 0.15) is 0 Å². The molecule has 3 nitrogen and oxygen atoms in total. The molecule has 0 spiro atoms. The summed E-state index contributed by atoms with van der Waals surface area (Å²) in [5.74, 6) is 1.000. The number of hydrogen-bond donors (Lipinski definition) is 1. The fourth-order valence-electron chi connectivity index (χ4n) is 2.73. The van der Waals surface area contributed by atoms with E-state index in [4.69, 9.17) is 4.74 Å². The summed E-state index contributed by atoms with van der Waals surface area (Å²) in [5, 5.41) is 3.41. The lowest BCUT2D eigenvalue weighted by Crippen LogP contribution is -2.39. The van der Waals surface area contributed by atoms with E-state index >= 15 is 0 Å². The SMILES string of the molecule is CCC1CCC(N(C)CCNCCOC)CC1. The summed E-state index contributed by atoms with van der Waals surface area (Å²) in [6, 6.07) is 0.821. The number of nitrogens with one attached hydrogen (secondary N) is 1. The van der Waals surface area contributed by atoms with Gasteiger partial charge in [-0.2, -0.15) is 0 Å². The van der Waals surface area contributed by atoms with Gasteiger partial charge in [0, 0.05) is 32.8 Å². The van der Waals surface area contributed by atoms with Crippen LogP contribution in [-0.4, -0.2) is 51.3 Å². The van der Waals surface area contributed by atoms with Gasteiger partial charge in [-0.1, -0.05) is 13.3 Å². The van der Waals surface area contributed by atoms with E-state index in [0.29, 0.717) is 0 Å². The Morgan fingerprint density at radius 3 is 2.47 bits per heavy atom. The van der Waals surface area contributed by atoms with Gasteiger partial charge in [-0.05, 0) is 38.6 Å². The summed E-state index contributed by atoms with van der Waals surface area (Å²) in [6.45, 7) is 6.34.